The Morgan fingerprint density at radius 3 is 0.800 bits per heavy atom. The van der Waals surface area contributed by atoms with Crippen LogP contribution in [0.5, 0.6) is 0 Å². The van der Waals surface area contributed by atoms with Crippen molar-refractivity contribution in [3.05, 3.63) is 0 Å². The zero-order valence-electron chi connectivity index (χ0n) is 7.16. The molecule has 0 radical (unpaired) electrons. The van der Waals surface area contributed by atoms with Crippen molar-refractivity contribution in [3.63, 3.8) is 0 Å². The summed E-state index contributed by atoms with van der Waals surface area (Å²) in [5.74, 6) is 0. The molecule has 1 aliphatic rings. The quantitative estimate of drug-likeness (QED) is 0.546. The van der Waals surface area contributed by atoms with E-state index in [-0.39, 0.29) is 7.35 Å². The van der Waals surface area contributed by atoms with Crippen LogP contribution in [0.25, 0.3) is 0 Å². The molecule has 0 aliphatic heterocycles. The fourth-order valence-corrected chi connectivity index (χ4v) is 3.38. The van der Waals surface area contributed by atoms with E-state index in [0.29, 0.717) is 0 Å². The van der Waals surface area contributed by atoms with E-state index in [1.807, 2.05) is 0 Å². The van der Waals surface area contributed by atoms with E-state index in [4.69, 9.17) is 79.3 Å². The van der Waals surface area contributed by atoms with Crippen LogP contribution in [0.15, 0.2) is 0 Å². The standard InChI is InChI=1S/C6H6Cl6.BHO2/c7-1-2(8)4(10)6(12)5(11)3(1)9;2-1-3/h1-6H;2H. The molecule has 1 rings (SSSR count). The Bertz CT molecular complexity index is 150. The van der Waals surface area contributed by atoms with Gasteiger partial charge in [0.1, 0.15) is 0 Å². The molecule has 1 aliphatic carbocycles. The average molecular weight is 335 g/mol. The molecule has 0 aromatic heterocycles. The molecule has 9 heteroatoms. The fraction of sp³-hybridized carbons (Fsp3) is 1.00. The van der Waals surface area contributed by atoms with Crippen molar-refractivity contribution < 1.29 is 9.73 Å². The van der Waals surface area contributed by atoms with E-state index < -0.39 is 32.3 Å². The first-order valence-corrected chi connectivity index (χ1v) is 6.42. The number of halogens is 6. The number of hydrogen-bond acceptors (Lipinski definition) is 1. The summed E-state index contributed by atoms with van der Waals surface area (Å²) in [4.78, 5) is 0. The molecule has 0 saturated heterocycles. The SMILES string of the molecule is ClC1C(Cl)C(Cl)C(Cl)C(Cl)C1Cl.O=BO. The van der Waals surface area contributed by atoms with Crippen LogP contribution in [0.2, 0.25) is 0 Å². The van der Waals surface area contributed by atoms with Crippen LogP contribution in [-0.4, -0.2) is 44.6 Å². The van der Waals surface area contributed by atoms with Crippen molar-refractivity contribution >= 4 is 77.0 Å². The monoisotopic (exact) mass is 332 g/mol. The van der Waals surface area contributed by atoms with Gasteiger partial charge in [-0.1, -0.05) is 0 Å². The Balaban J connectivity index is 0.000000583. The summed E-state index contributed by atoms with van der Waals surface area (Å²) in [5.41, 5.74) is 0. The van der Waals surface area contributed by atoms with Crippen molar-refractivity contribution in [1.82, 2.24) is 0 Å². The van der Waals surface area contributed by atoms with Gasteiger partial charge in [0.25, 0.3) is 0 Å². The van der Waals surface area contributed by atoms with Crippen LogP contribution >= 0.6 is 69.6 Å². The third-order valence-corrected chi connectivity index (χ3v) is 5.86. The van der Waals surface area contributed by atoms with Crippen LogP contribution in [0.1, 0.15) is 0 Å². The van der Waals surface area contributed by atoms with Crippen molar-refractivity contribution in [1.29, 1.82) is 0 Å². The summed E-state index contributed by atoms with van der Waals surface area (Å²) < 4.78 is 8.36. The molecule has 0 unspecified atom stereocenters. The Labute approximate surface area is 118 Å². The zero-order chi connectivity index (χ0) is 12.2. The first-order valence-electron chi connectivity index (χ1n) is 3.80. The molecular weight excluding hydrogens is 328 g/mol. The molecule has 0 spiro atoms. The molecule has 0 amide bonds. The van der Waals surface area contributed by atoms with E-state index in [9.17, 15) is 0 Å². The molecule has 0 aromatic rings. The third-order valence-electron chi connectivity index (χ3n) is 1.83. The van der Waals surface area contributed by atoms with Gasteiger partial charge in [0.05, 0.1) is 32.3 Å². The maximum absolute atomic E-state index is 8.36. The van der Waals surface area contributed by atoms with Crippen LogP contribution in [0, 0.1) is 0 Å². The van der Waals surface area contributed by atoms with Crippen molar-refractivity contribution in [2.45, 2.75) is 32.3 Å². The number of hydrogen-bond donors (Lipinski definition) is 1. The van der Waals surface area contributed by atoms with Gasteiger partial charge in [-0.2, -0.15) is 0 Å². The van der Waals surface area contributed by atoms with Gasteiger partial charge in [-0.15, -0.1) is 69.6 Å². The number of rotatable bonds is 0. The molecule has 15 heavy (non-hydrogen) atoms. The second-order valence-corrected chi connectivity index (χ2v) is 5.80. The minimum atomic E-state index is -0.437. The van der Waals surface area contributed by atoms with Crippen molar-refractivity contribution in [3.8, 4) is 0 Å². The van der Waals surface area contributed by atoms with Crippen molar-refractivity contribution in [2.75, 3.05) is 0 Å². The van der Waals surface area contributed by atoms with Crippen LogP contribution in [0.4, 0.5) is 0 Å². The van der Waals surface area contributed by atoms with E-state index in [1.54, 1.807) is 0 Å². The molecule has 1 fully saturated rings. The van der Waals surface area contributed by atoms with Crippen LogP contribution in [-0.2, 0) is 4.70 Å². The molecular formula is C6H7BCl6O2. The molecule has 88 valence electrons. The first-order chi connectivity index (χ1) is 6.88. The van der Waals surface area contributed by atoms with Crippen LogP contribution in [0.3, 0.4) is 0 Å². The van der Waals surface area contributed by atoms with E-state index >= 15 is 0 Å². The van der Waals surface area contributed by atoms with Gasteiger partial charge < -0.3 is 0 Å². The molecule has 0 heterocycles. The predicted molar refractivity (Wildman–Crippen MR) is 66.5 cm³/mol. The molecule has 2 nitrogen and oxygen atoms in total. The molecule has 0 bridgehead atoms. The van der Waals surface area contributed by atoms with Gasteiger partial charge in [-0.25, -0.2) is 0 Å². The normalized spacial score (nSPS) is 44.9. The summed E-state index contributed by atoms with van der Waals surface area (Å²) in [7, 11) is -0.250. The topological polar surface area (TPSA) is 37.3 Å². The van der Waals surface area contributed by atoms with Gasteiger partial charge in [0, 0.05) is 0 Å². The van der Waals surface area contributed by atoms with Crippen LogP contribution < -0.4 is 0 Å². The predicted octanol–water partition coefficient (Wildman–Crippen LogP) is 2.59. The zero-order valence-corrected chi connectivity index (χ0v) is 11.7. The second-order valence-electron chi connectivity index (χ2n) is 2.77. The third kappa shape index (κ3) is 4.29. The van der Waals surface area contributed by atoms with Gasteiger partial charge >= 0.3 is 17.1 Å². The maximum atomic E-state index is 8.36. The van der Waals surface area contributed by atoms with E-state index in [1.165, 1.54) is 0 Å². The molecule has 0 aromatic carbocycles. The van der Waals surface area contributed by atoms with Gasteiger partial charge in [-0.3, -0.25) is 0 Å². The summed E-state index contributed by atoms with van der Waals surface area (Å²) in [6.07, 6.45) is 0. The second kappa shape index (κ2) is 7.68. The Morgan fingerprint density at radius 1 is 0.667 bits per heavy atom. The minimum absolute atomic E-state index is 0.250. The average Bonchev–Trinajstić information content (AvgIpc) is 2.22. The van der Waals surface area contributed by atoms with Gasteiger partial charge in [0.2, 0.25) is 0 Å². The Hall–Kier alpha value is 1.40. The molecule has 1 N–H and O–H groups in total. The number of alkyl halides is 6. The molecule has 1 saturated carbocycles. The van der Waals surface area contributed by atoms with Gasteiger partial charge in [-0.05, 0) is 0 Å². The molecule has 0 atom stereocenters. The van der Waals surface area contributed by atoms with Crippen molar-refractivity contribution in [2.24, 2.45) is 0 Å². The fourth-order valence-electron chi connectivity index (χ4n) is 1.05. The summed E-state index contributed by atoms with van der Waals surface area (Å²) >= 11 is 35.3. The Morgan fingerprint density at radius 2 is 0.733 bits per heavy atom. The summed E-state index contributed by atoms with van der Waals surface area (Å²) in [5, 5.41) is 4.27. The van der Waals surface area contributed by atoms with E-state index in [2.05, 4.69) is 0 Å². The first kappa shape index (κ1) is 16.4. The Kier molecular flexibility index (Phi) is 8.40. The van der Waals surface area contributed by atoms with E-state index in [0.717, 1.165) is 0 Å². The summed E-state index contributed by atoms with van der Waals surface area (Å²) in [6.45, 7) is 0. The van der Waals surface area contributed by atoms with Gasteiger partial charge in [0.15, 0.2) is 0 Å². The summed E-state index contributed by atoms with van der Waals surface area (Å²) in [6, 6.07) is 0.